The summed E-state index contributed by atoms with van der Waals surface area (Å²) in [5, 5.41) is 10.3. The number of carbonyl (C=O) groups excluding carboxylic acids is 1. The second kappa shape index (κ2) is 3.57. The van der Waals surface area contributed by atoms with Crippen molar-refractivity contribution in [2.24, 2.45) is 0 Å². The molecular formula is C8H4F3O3. The average Bonchev–Trinajstić information content (AvgIpc) is 2.01. The third-order valence-electron chi connectivity index (χ3n) is 1.30. The highest BCUT2D eigenvalue weighted by molar-refractivity contribution is 5.87. The van der Waals surface area contributed by atoms with Crippen LogP contribution >= 0.6 is 0 Å². The van der Waals surface area contributed by atoms with Crippen LogP contribution in [-0.4, -0.2) is 12.3 Å². The lowest BCUT2D eigenvalue weighted by molar-refractivity contribution is -0.274. The van der Waals surface area contributed by atoms with Gasteiger partial charge in [0.15, 0.2) is 0 Å². The fraction of sp³-hybridized carbons (Fsp3) is 0.125. The summed E-state index contributed by atoms with van der Waals surface area (Å²) in [4.78, 5) is 10.3. The molecule has 0 bridgehead atoms. The predicted molar refractivity (Wildman–Crippen MR) is 38.1 cm³/mol. The maximum absolute atomic E-state index is 11.7. The number of benzene rings is 1. The Morgan fingerprint density at radius 1 is 1.29 bits per heavy atom. The van der Waals surface area contributed by atoms with Gasteiger partial charge in [-0.1, -0.05) is 6.07 Å². The second-order valence-corrected chi connectivity index (χ2v) is 2.36. The molecule has 0 N–H and O–H groups in total. The van der Waals surface area contributed by atoms with E-state index in [2.05, 4.69) is 4.74 Å². The van der Waals surface area contributed by atoms with E-state index in [9.17, 15) is 23.1 Å². The third kappa shape index (κ3) is 2.96. The van der Waals surface area contributed by atoms with E-state index in [0.717, 1.165) is 24.3 Å². The van der Waals surface area contributed by atoms with E-state index < -0.39 is 18.1 Å². The van der Waals surface area contributed by atoms with Crippen LogP contribution in [0.25, 0.3) is 0 Å². The molecule has 1 rings (SSSR count). The third-order valence-corrected chi connectivity index (χ3v) is 1.30. The molecule has 0 aromatic heterocycles. The fourth-order valence-corrected chi connectivity index (χ4v) is 0.820. The Kier molecular flexibility index (Phi) is 2.64. The van der Waals surface area contributed by atoms with Gasteiger partial charge in [0, 0.05) is 0 Å². The summed E-state index contributed by atoms with van der Waals surface area (Å²) in [5.41, 5.74) is -0.369. The zero-order valence-corrected chi connectivity index (χ0v) is 6.67. The monoisotopic (exact) mass is 205 g/mol. The molecule has 0 heterocycles. The van der Waals surface area contributed by atoms with Crippen LogP contribution in [-0.2, 0) is 5.11 Å². The average molecular weight is 205 g/mol. The first-order valence-corrected chi connectivity index (χ1v) is 3.45. The molecule has 0 unspecified atom stereocenters. The summed E-state index contributed by atoms with van der Waals surface area (Å²) in [5.74, 6) is -2.14. The van der Waals surface area contributed by atoms with Crippen LogP contribution in [0.4, 0.5) is 13.2 Å². The largest absolute Gasteiger partial charge is 0.573 e. The Labute approximate surface area is 76.7 Å². The Bertz CT molecular complexity index is 346. The number of rotatable bonds is 2. The zero-order chi connectivity index (χ0) is 10.8. The Morgan fingerprint density at radius 2 is 1.93 bits per heavy atom. The number of hydrogen-bond donors (Lipinski definition) is 0. The first kappa shape index (κ1) is 10.4. The number of alkyl halides is 3. The highest BCUT2D eigenvalue weighted by Crippen LogP contribution is 2.23. The molecule has 0 atom stereocenters. The van der Waals surface area contributed by atoms with E-state index in [0.29, 0.717) is 0 Å². The van der Waals surface area contributed by atoms with Crippen LogP contribution in [0.2, 0.25) is 0 Å². The van der Waals surface area contributed by atoms with E-state index in [1.54, 1.807) is 0 Å². The molecule has 0 aliphatic carbocycles. The summed E-state index contributed by atoms with van der Waals surface area (Å²) in [7, 11) is 0. The second-order valence-electron chi connectivity index (χ2n) is 2.36. The van der Waals surface area contributed by atoms with Crippen LogP contribution < -0.4 is 4.74 Å². The quantitative estimate of drug-likeness (QED) is 0.742. The van der Waals surface area contributed by atoms with Crippen LogP contribution in [0.1, 0.15) is 10.4 Å². The topological polar surface area (TPSA) is 46.2 Å². The number of carbonyl (C=O) groups is 1. The SMILES string of the molecule is [O]C(=O)c1cccc(OC(F)(F)F)c1. The van der Waals surface area contributed by atoms with Gasteiger partial charge in [0.1, 0.15) is 5.75 Å². The molecular weight excluding hydrogens is 201 g/mol. The van der Waals surface area contributed by atoms with E-state index in [4.69, 9.17) is 0 Å². The van der Waals surface area contributed by atoms with Gasteiger partial charge in [-0.2, -0.15) is 0 Å². The van der Waals surface area contributed by atoms with Gasteiger partial charge in [-0.25, -0.2) is 9.90 Å². The van der Waals surface area contributed by atoms with Gasteiger partial charge in [-0.05, 0) is 18.2 Å². The van der Waals surface area contributed by atoms with Crippen molar-refractivity contribution in [3.8, 4) is 5.75 Å². The van der Waals surface area contributed by atoms with Crippen molar-refractivity contribution < 1.29 is 27.8 Å². The Morgan fingerprint density at radius 3 is 2.43 bits per heavy atom. The molecule has 3 nitrogen and oxygen atoms in total. The molecule has 0 aliphatic rings. The van der Waals surface area contributed by atoms with Crippen molar-refractivity contribution in [3.05, 3.63) is 29.8 Å². The summed E-state index contributed by atoms with van der Waals surface area (Å²) in [6.07, 6.45) is -4.83. The molecule has 1 aromatic rings. The normalized spacial score (nSPS) is 11.1. The van der Waals surface area contributed by atoms with Gasteiger partial charge < -0.3 is 4.74 Å². The zero-order valence-electron chi connectivity index (χ0n) is 6.67. The lowest BCUT2D eigenvalue weighted by Gasteiger charge is -2.08. The first-order valence-electron chi connectivity index (χ1n) is 3.45. The van der Waals surface area contributed by atoms with E-state index in [1.807, 2.05) is 0 Å². The van der Waals surface area contributed by atoms with Gasteiger partial charge in [0.2, 0.25) is 0 Å². The van der Waals surface area contributed by atoms with Gasteiger partial charge in [-0.3, -0.25) is 0 Å². The van der Waals surface area contributed by atoms with Crippen LogP contribution in [0.3, 0.4) is 0 Å². The number of hydrogen-bond acceptors (Lipinski definition) is 2. The molecule has 14 heavy (non-hydrogen) atoms. The first-order chi connectivity index (χ1) is 6.38. The molecule has 0 saturated heterocycles. The Hall–Kier alpha value is -1.72. The van der Waals surface area contributed by atoms with Crippen molar-refractivity contribution in [1.82, 2.24) is 0 Å². The van der Waals surface area contributed by atoms with Gasteiger partial charge >= 0.3 is 12.3 Å². The number of ether oxygens (including phenoxy) is 1. The van der Waals surface area contributed by atoms with Gasteiger partial charge in [0.25, 0.3) is 0 Å². The summed E-state index contributed by atoms with van der Waals surface area (Å²) < 4.78 is 38.6. The minimum Gasteiger partial charge on any atom is -0.406 e. The highest BCUT2D eigenvalue weighted by Gasteiger charge is 2.31. The maximum atomic E-state index is 11.7. The van der Waals surface area contributed by atoms with Crippen molar-refractivity contribution in [3.63, 3.8) is 0 Å². The van der Waals surface area contributed by atoms with E-state index in [1.165, 1.54) is 0 Å². The molecule has 0 saturated carbocycles. The van der Waals surface area contributed by atoms with Crippen LogP contribution in [0.5, 0.6) is 5.75 Å². The minimum atomic E-state index is -4.83. The molecule has 1 radical (unpaired) electrons. The fourth-order valence-electron chi connectivity index (χ4n) is 0.820. The van der Waals surface area contributed by atoms with Crippen molar-refractivity contribution >= 4 is 5.97 Å². The molecule has 0 aliphatic heterocycles. The minimum absolute atomic E-state index is 0.369. The highest BCUT2D eigenvalue weighted by atomic mass is 19.4. The molecule has 75 valence electrons. The van der Waals surface area contributed by atoms with Crippen molar-refractivity contribution in [2.75, 3.05) is 0 Å². The van der Waals surface area contributed by atoms with Crippen LogP contribution in [0.15, 0.2) is 24.3 Å². The Balaban J connectivity index is 2.89. The molecule has 0 fully saturated rings. The maximum Gasteiger partial charge on any atom is 0.573 e. The lowest BCUT2D eigenvalue weighted by Crippen LogP contribution is -2.17. The van der Waals surface area contributed by atoms with Crippen molar-refractivity contribution in [2.45, 2.75) is 6.36 Å². The molecule has 0 spiro atoms. The van der Waals surface area contributed by atoms with Crippen molar-refractivity contribution in [1.29, 1.82) is 0 Å². The smallest absolute Gasteiger partial charge is 0.406 e. The molecule has 6 heteroatoms. The molecule has 1 aromatic carbocycles. The van der Waals surface area contributed by atoms with Gasteiger partial charge in [-0.15, -0.1) is 13.2 Å². The van der Waals surface area contributed by atoms with E-state index >= 15 is 0 Å². The van der Waals surface area contributed by atoms with Crippen LogP contribution in [0, 0.1) is 0 Å². The summed E-state index contributed by atoms with van der Waals surface area (Å²) in [6, 6.07) is 3.98. The van der Waals surface area contributed by atoms with Gasteiger partial charge in [0.05, 0.1) is 5.56 Å². The predicted octanol–water partition coefficient (Wildman–Crippen LogP) is 2.16. The number of halogens is 3. The summed E-state index contributed by atoms with van der Waals surface area (Å²) in [6.45, 7) is 0. The standard InChI is InChI=1S/C8H4F3O3/c9-8(10,11)14-6-3-1-2-5(4-6)7(12)13/h1-4H. The summed E-state index contributed by atoms with van der Waals surface area (Å²) >= 11 is 0. The lowest BCUT2D eigenvalue weighted by atomic mass is 10.2. The van der Waals surface area contributed by atoms with E-state index in [-0.39, 0.29) is 5.56 Å². The molecule has 0 amide bonds.